The number of aryl methyl sites for hydroxylation is 1. The van der Waals surface area contributed by atoms with Gasteiger partial charge in [-0.25, -0.2) is 4.79 Å². The Morgan fingerprint density at radius 3 is 2.58 bits per heavy atom. The van der Waals surface area contributed by atoms with E-state index in [2.05, 4.69) is 11.4 Å². The molecule has 1 N–H and O–H groups in total. The van der Waals surface area contributed by atoms with Crippen LogP contribution in [0.2, 0.25) is 0 Å². The van der Waals surface area contributed by atoms with Crippen LogP contribution in [0.1, 0.15) is 16.1 Å². The topological polar surface area (TPSA) is 37.3 Å². The Balaban J connectivity index is 1.68. The summed E-state index contributed by atoms with van der Waals surface area (Å²) >= 11 is 1.67. The van der Waals surface area contributed by atoms with Crippen LogP contribution in [0, 0.1) is 0 Å². The molecule has 1 aromatic carbocycles. The first-order chi connectivity index (χ1) is 11.7. The number of hydrogen-bond donors (Lipinski definition) is 1. The van der Waals surface area contributed by atoms with Crippen molar-refractivity contribution in [3.63, 3.8) is 0 Å². The van der Waals surface area contributed by atoms with E-state index in [-0.39, 0.29) is 6.03 Å². The fourth-order valence-electron chi connectivity index (χ4n) is 2.53. The van der Waals surface area contributed by atoms with Crippen molar-refractivity contribution >= 4 is 17.4 Å². The van der Waals surface area contributed by atoms with Gasteiger partial charge in [-0.2, -0.15) is 0 Å². The highest BCUT2D eigenvalue weighted by Crippen LogP contribution is 2.15. The number of thiophene rings is 1. The van der Waals surface area contributed by atoms with E-state index in [9.17, 15) is 4.79 Å². The van der Waals surface area contributed by atoms with Gasteiger partial charge in [0.25, 0.3) is 0 Å². The summed E-state index contributed by atoms with van der Waals surface area (Å²) in [5.41, 5.74) is 2.21. The minimum Gasteiger partial charge on any atom is -0.353 e. The minimum absolute atomic E-state index is 0.0477. The molecule has 3 aromatic rings. The van der Waals surface area contributed by atoms with E-state index in [1.807, 2.05) is 76.6 Å². The number of benzene rings is 1. The van der Waals surface area contributed by atoms with Gasteiger partial charge < -0.3 is 14.8 Å². The maximum Gasteiger partial charge on any atom is 0.318 e. The summed E-state index contributed by atoms with van der Waals surface area (Å²) in [6.07, 6.45) is 2.00. The maximum atomic E-state index is 12.7. The molecule has 0 aliphatic rings. The molecule has 0 saturated carbocycles. The quantitative estimate of drug-likeness (QED) is 0.724. The Bertz CT molecular complexity index is 765. The highest BCUT2D eigenvalue weighted by atomic mass is 32.1. The van der Waals surface area contributed by atoms with Crippen LogP contribution < -0.4 is 5.32 Å². The fraction of sp³-hybridized carbons (Fsp3) is 0.211. The molecule has 2 heterocycles. The molecule has 0 bridgehead atoms. The lowest BCUT2D eigenvalue weighted by Gasteiger charge is -2.23. The molecule has 124 valence electrons. The van der Waals surface area contributed by atoms with Crippen LogP contribution in [0.15, 0.2) is 66.2 Å². The Hall–Kier alpha value is -2.53. The summed E-state index contributed by atoms with van der Waals surface area (Å²) in [5, 5.41) is 5.07. The minimum atomic E-state index is -0.0477. The predicted octanol–water partition coefficient (Wildman–Crippen LogP) is 4.00. The molecule has 0 fully saturated rings. The lowest BCUT2D eigenvalue weighted by molar-refractivity contribution is 0.191. The van der Waals surface area contributed by atoms with Crippen LogP contribution in [-0.4, -0.2) is 15.5 Å². The third kappa shape index (κ3) is 4.26. The van der Waals surface area contributed by atoms with Gasteiger partial charge in [-0.1, -0.05) is 36.4 Å². The number of urea groups is 1. The first-order valence-corrected chi connectivity index (χ1v) is 8.79. The van der Waals surface area contributed by atoms with Crippen molar-refractivity contribution in [1.29, 1.82) is 0 Å². The SMILES string of the molecule is Cn1cccc1CN(Cc1cccs1)C(=O)NCc1ccccc1. The Kier molecular flexibility index (Phi) is 5.33. The highest BCUT2D eigenvalue weighted by molar-refractivity contribution is 7.09. The molecular formula is C19H21N3OS. The van der Waals surface area contributed by atoms with Crippen molar-refractivity contribution in [1.82, 2.24) is 14.8 Å². The van der Waals surface area contributed by atoms with Gasteiger partial charge in [-0.15, -0.1) is 11.3 Å². The van der Waals surface area contributed by atoms with E-state index in [4.69, 9.17) is 0 Å². The average molecular weight is 339 g/mol. The zero-order chi connectivity index (χ0) is 16.8. The summed E-state index contributed by atoms with van der Waals surface area (Å²) in [5.74, 6) is 0. The largest absolute Gasteiger partial charge is 0.353 e. The summed E-state index contributed by atoms with van der Waals surface area (Å²) in [7, 11) is 2.00. The second-order valence-corrected chi connectivity index (χ2v) is 6.72. The van der Waals surface area contributed by atoms with E-state index >= 15 is 0 Å². The number of nitrogens with one attached hydrogen (secondary N) is 1. The van der Waals surface area contributed by atoms with Gasteiger partial charge in [0.05, 0.1) is 13.1 Å². The van der Waals surface area contributed by atoms with Crippen LogP contribution in [0.4, 0.5) is 4.79 Å². The molecule has 0 saturated heterocycles. The monoisotopic (exact) mass is 339 g/mol. The molecule has 24 heavy (non-hydrogen) atoms. The highest BCUT2D eigenvalue weighted by Gasteiger charge is 2.16. The molecule has 0 aliphatic carbocycles. The van der Waals surface area contributed by atoms with Crippen molar-refractivity contribution in [3.8, 4) is 0 Å². The molecule has 0 radical (unpaired) electrons. The third-order valence-corrected chi connectivity index (χ3v) is 4.77. The summed E-state index contributed by atoms with van der Waals surface area (Å²) in [4.78, 5) is 15.7. The molecule has 0 spiro atoms. The van der Waals surface area contributed by atoms with Crippen LogP contribution in [-0.2, 0) is 26.7 Å². The fourth-order valence-corrected chi connectivity index (χ4v) is 3.25. The molecule has 3 rings (SSSR count). The van der Waals surface area contributed by atoms with E-state index in [1.165, 1.54) is 4.88 Å². The van der Waals surface area contributed by atoms with E-state index in [1.54, 1.807) is 11.3 Å². The molecule has 2 aromatic heterocycles. The zero-order valence-electron chi connectivity index (χ0n) is 13.7. The second-order valence-electron chi connectivity index (χ2n) is 5.69. The Morgan fingerprint density at radius 2 is 1.92 bits per heavy atom. The van der Waals surface area contributed by atoms with Gasteiger partial charge in [0.2, 0.25) is 0 Å². The van der Waals surface area contributed by atoms with E-state index < -0.39 is 0 Å². The van der Waals surface area contributed by atoms with Crippen LogP contribution in [0.5, 0.6) is 0 Å². The normalized spacial score (nSPS) is 10.5. The van der Waals surface area contributed by atoms with Crippen LogP contribution in [0.25, 0.3) is 0 Å². The lowest BCUT2D eigenvalue weighted by atomic mass is 10.2. The number of hydrogen-bond acceptors (Lipinski definition) is 2. The van der Waals surface area contributed by atoms with Gasteiger partial charge in [-0.05, 0) is 29.1 Å². The molecule has 0 aliphatic heterocycles. The average Bonchev–Trinajstić information content (AvgIpc) is 3.25. The van der Waals surface area contributed by atoms with Crippen molar-refractivity contribution in [2.45, 2.75) is 19.6 Å². The molecule has 0 unspecified atom stereocenters. The van der Waals surface area contributed by atoms with E-state index in [0.717, 1.165) is 11.3 Å². The van der Waals surface area contributed by atoms with Gasteiger partial charge >= 0.3 is 6.03 Å². The first kappa shape index (κ1) is 16.3. The molecule has 5 heteroatoms. The molecule has 0 atom stereocenters. The number of nitrogens with zero attached hydrogens (tertiary/aromatic N) is 2. The molecular weight excluding hydrogens is 318 g/mol. The molecule has 2 amide bonds. The second kappa shape index (κ2) is 7.84. The van der Waals surface area contributed by atoms with Gasteiger partial charge in [-0.3, -0.25) is 0 Å². The number of carbonyl (C=O) groups excluding carboxylic acids is 1. The lowest BCUT2D eigenvalue weighted by Crippen LogP contribution is -2.39. The van der Waals surface area contributed by atoms with Gasteiger partial charge in [0.15, 0.2) is 0 Å². The maximum absolute atomic E-state index is 12.7. The number of carbonyl (C=O) groups is 1. The molecule has 4 nitrogen and oxygen atoms in total. The number of aromatic nitrogens is 1. The van der Waals surface area contributed by atoms with Crippen LogP contribution >= 0.6 is 11.3 Å². The Labute approximate surface area is 146 Å². The standard InChI is InChI=1S/C19H21N3OS/c1-21-11-5-9-17(21)14-22(15-18-10-6-12-24-18)19(23)20-13-16-7-3-2-4-8-16/h2-12H,13-15H2,1H3,(H,20,23). The number of rotatable bonds is 6. The van der Waals surface area contributed by atoms with Gasteiger partial charge in [0, 0.05) is 30.4 Å². The smallest absolute Gasteiger partial charge is 0.318 e. The van der Waals surface area contributed by atoms with Crippen molar-refractivity contribution < 1.29 is 4.79 Å². The summed E-state index contributed by atoms with van der Waals surface area (Å²) in [6.45, 7) is 1.74. The predicted molar refractivity (Wildman–Crippen MR) is 97.7 cm³/mol. The third-order valence-electron chi connectivity index (χ3n) is 3.90. The zero-order valence-corrected chi connectivity index (χ0v) is 14.5. The van der Waals surface area contributed by atoms with E-state index in [0.29, 0.717) is 19.6 Å². The Morgan fingerprint density at radius 1 is 1.08 bits per heavy atom. The van der Waals surface area contributed by atoms with Crippen molar-refractivity contribution in [2.24, 2.45) is 7.05 Å². The summed E-state index contributed by atoms with van der Waals surface area (Å²) < 4.78 is 2.05. The van der Waals surface area contributed by atoms with Crippen LogP contribution in [0.3, 0.4) is 0 Å². The summed E-state index contributed by atoms with van der Waals surface area (Å²) in [6, 6.07) is 18.0. The van der Waals surface area contributed by atoms with Gasteiger partial charge in [0.1, 0.15) is 0 Å². The van der Waals surface area contributed by atoms with Crippen molar-refractivity contribution in [2.75, 3.05) is 0 Å². The van der Waals surface area contributed by atoms with Crippen molar-refractivity contribution in [3.05, 3.63) is 82.3 Å². The first-order valence-electron chi connectivity index (χ1n) is 7.91. The number of amides is 2.